The highest BCUT2D eigenvalue weighted by Gasteiger charge is 2.10. The summed E-state index contributed by atoms with van der Waals surface area (Å²) in [6.07, 6.45) is 0.726. The van der Waals surface area contributed by atoms with E-state index in [4.69, 9.17) is 22.7 Å². The molecule has 0 aliphatic rings. The molecule has 0 amide bonds. The molecule has 4 nitrogen and oxygen atoms in total. The fraction of sp³-hybridized carbons (Fsp3) is 0.429. The summed E-state index contributed by atoms with van der Waals surface area (Å²) < 4.78 is 6.38. The second-order valence-corrected chi connectivity index (χ2v) is 6.20. The minimum Gasteiger partial charge on any atom is -0.393 e. The number of rotatable bonds is 8. The molecule has 0 atom stereocenters. The Morgan fingerprint density at radius 2 is 2.20 bits per heavy atom. The van der Waals surface area contributed by atoms with Gasteiger partial charge in [-0.05, 0) is 12.1 Å². The highest BCUT2D eigenvalue weighted by atomic mass is 32.1. The summed E-state index contributed by atoms with van der Waals surface area (Å²) in [5, 5.41) is 1.12. The molecule has 1 aromatic carbocycles. The summed E-state index contributed by atoms with van der Waals surface area (Å²) in [5.41, 5.74) is 6.65. The summed E-state index contributed by atoms with van der Waals surface area (Å²) in [5.74, 6) is 0. The lowest BCUT2D eigenvalue weighted by atomic mass is 10.3. The molecular formula is C14H19N3OS2. The van der Waals surface area contributed by atoms with E-state index >= 15 is 0 Å². The maximum absolute atomic E-state index is 5.58. The molecule has 0 unspecified atom stereocenters. The van der Waals surface area contributed by atoms with Crippen LogP contribution >= 0.6 is 23.6 Å². The number of para-hydroxylation sites is 1. The largest absolute Gasteiger partial charge is 0.393 e. The van der Waals surface area contributed by atoms with E-state index in [2.05, 4.69) is 16.0 Å². The number of ether oxygens (including phenoxy) is 1. The Balaban J connectivity index is 2.03. The molecule has 20 heavy (non-hydrogen) atoms. The summed E-state index contributed by atoms with van der Waals surface area (Å²) in [4.78, 5) is 7.49. The monoisotopic (exact) mass is 309 g/mol. The zero-order chi connectivity index (χ0) is 14.4. The highest BCUT2D eigenvalue weighted by Crippen LogP contribution is 2.22. The number of nitrogens with two attached hydrogens (primary N) is 1. The minimum absolute atomic E-state index is 0.553. The first-order valence-electron chi connectivity index (χ1n) is 6.53. The number of hydrogen-bond acceptors (Lipinski definition) is 5. The fourth-order valence-corrected chi connectivity index (χ4v) is 3.04. The quantitative estimate of drug-likeness (QED) is 0.759. The zero-order valence-electron chi connectivity index (χ0n) is 11.5. The molecule has 108 valence electrons. The first kappa shape index (κ1) is 15.3. The first-order valence-corrected chi connectivity index (χ1v) is 7.75. The molecule has 1 heterocycles. The number of nitrogens with zero attached hydrogens (tertiary/aromatic N) is 2. The van der Waals surface area contributed by atoms with Crippen LogP contribution in [0.5, 0.6) is 0 Å². The van der Waals surface area contributed by atoms with E-state index < -0.39 is 0 Å². The van der Waals surface area contributed by atoms with Gasteiger partial charge >= 0.3 is 0 Å². The molecule has 2 aromatic rings. The van der Waals surface area contributed by atoms with Gasteiger partial charge in [0.25, 0.3) is 0 Å². The van der Waals surface area contributed by atoms with E-state index in [9.17, 15) is 0 Å². The molecule has 0 bridgehead atoms. The van der Waals surface area contributed by atoms with Gasteiger partial charge in [-0.15, -0.1) is 11.3 Å². The molecule has 0 aliphatic carbocycles. The number of fused-ring (bicyclic) bond motifs is 1. The van der Waals surface area contributed by atoms with E-state index in [-0.39, 0.29) is 0 Å². The third-order valence-electron chi connectivity index (χ3n) is 2.98. The molecular weight excluding hydrogens is 290 g/mol. The van der Waals surface area contributed by atoms with Crippen LogP contribution in [0.3, 0.4) is 0 Å². The number of hydrogen-bond donors (Lipinski definition) is 1. The van der Waals surface area contributed by atoms with Crippen molar-refractivity contribution in [3.8, 4) is 0 Å². The Morgan fingerprint density at radius 3 is 2.90 bits per heavy atom. The summed E-state index contributed by atoms with van der Waals surface area (Å²) >= 11 is 6.69. The predicted molar refractivity (Wildman–Crippen MR) is 88.2 cm³/mol. The molecule has 6 heteroatoms. The van der Waals surface area contributed by atoms with Gasteiger partial charge < -0.3 is 10.5 Å². The Hall–Kier alpha value is -1.08. The lowest BCUT2D eigenvalue weighted by molar-refractivity contribution is 0.146. The van der Waals surface area contributed by atoms with Gasteiger partial charge in [0, 0.05) is 26.6 Å². The van der Waals surface area contributed by atoms with Crippen LogP contribution in [-0.4, -0.2) is 41.7 Å². The average molecular weight is 309 g/mol. The van der Waals surface area contributed by atoms with Gasteiger partial charge in [-0.1, -0.05) is 24.4 Å². The summed E-state index contributed by atoms with van der Waals surface area (Å²) in [6, 6.07) is 8.20. The Bertz CT molecular complexity index is 537. The van der Waals surface area contributed by atoms with Crippen molar-refractivity contribution in [3.63, 3.8) is 0 Å². The van der Waals surface area contributed by atoms with Gasteiger partial charge in [0.1, 0.15) is 5.01 Å². The second kappa shape index (κ2) is 7.64. The predicted octanol–water partition coefficient (Wildman–Crippen LogP) is 2.42. The number of methoxy groups -OCH3 is 1. The third-order valence-corrected chi connectivity index (χ3v) is 4.21. The van der Waals surface area contributed by atoms with Crippen molar-refractivity contribution in [1.29, 1.82) is 0 Å². The van der Waals surface area contributed by atoms with Crippen molar-refractivity contribution < 1.29 is 4.74 Å². The van der Waals surface area contributed by atoms with Crippen molar-refractivity contribution in [3.05, 3.63) is 29.3 Å². The molecule has 2 N–H and O–H groups in total. The van der Waals surface area contributed by atoms with Gasteiger partial charge in [0.05, 0.1) is 28.4 Å². The van der Waals surface area contributed by atoms with Crippen molar-refractivity contribution in [2.45, 2.75) is 13.0 Å². The smallest absolute Gasteiger partial charge is 0.108 e. The normalized spacial score (nSPS) is 11.3. The first-order chi connectivity index (χ1) is 9.69. The van der Waals surface area contributed by atoms with Gasteiger partial charge in [0.15, 0.2) is 0 Å². The minimum atomic E-state index is 0.553. The molecule has 2 rings (SSSR count). The van der Waals surface area contributed by atoms with Gasteiger partial charge in [-0.3, -0.25) is 4.90 Å². The van der Waals surface area contributed by atoms with Crippen LogP contribution in [0.2, 0.25) is 0 Å². The van der Waals surface area contributed by atoms with Gasteiger partial charge in [0.2, 0.25) is 0 Å². The van der Waals surface area contributed by atoms with Crippen LogP contribution in [-0.2, 0) is 11.3 Å². The van der Waals surface area contributed by atoms with Crippen molar-refractivity contribution in [2.24, 2.45) is 5.73 Å². The average Bonchev–Trinajstić information content (AvgIpc) is 2.83. The van der Waals surface area contributed by atoms with Gasteiger partial charge in [-0.25, -0.2) is 4.98 Å². The van der Waals surface area contributed by atoms with E-state index in [0.29, 0.717) is 11.6 Å². The lowest BCUT2D eigenvalue weighted by Gasteiger charge is -2.20. The molecule has 0 saturated carbocycles. The number of benzene rings is 1. The van der Waals surface area contributed by atoms with Crippen LogP contribution < -0.4 is 5.73 Å². The Morgan fingerprint density at radius 1 is 1.40 bits per heavy atom. The lowest BCUT2D eigenvalue weighted by Crippen LogP contribution is -2.30. The van der Waals surface area contributed by atoms with Crippen LogP contribution in [0, 0.1) is 0 Å². The maximum atomic E-state index is 5.58. The molecule has 0 fully saturated rings. The number of thiazole rings is 1. The van der Waals surface area contributed by atoms with Crippen molar-refractivity contribution in [2.75, 3.05) is 26.8 Å². The van der Waals surface area contributed by atoms with Crippen molar-refractivity contribution >= 4 is 38.8 Å². The zero-order valence-corrected chi connectivity index (χ0v) is 13.2. The summed E-state index contributed by atoms with van der Waals surface area (Å²) in [6.45, 7) is 3.21. The summed E-state index contributed by atoms with van der Waals surface area (Å²) in [7, 11) is 1.71. The SMILES string of the molecule is COCCN(CCC(N)=S)Cc1nc2ccccc2s1. The van der Waals surface area contributed by atoms with Gasteiger partial charge in [-0.2, -0.15) is 0 Å². The number of thiocarbonyl (C=S) groups is 1. The van der Waals surface area contributed by atoms with Crippen molar-refractivity contribution in [1.82, 2.24) is 9.88 Å². The molecule has 0 aliphatic heterocycles. The van der Waals surface area contributed by atoms with Crippen LogP contribution in [0.1, 0.15) is 11.4 Å². The highest BCUT2D eigenvalue weighted by molar-refractivity contribution is 7.80. The standard InChI is InChI=1S/C14H19N3OS2/c1-18-9-8-17(7-6-13(15)19)10-14-16-11-4-2-3-5-12(11)20-14/h2-5H,6-10H2,1H3,(H2,15,19). The molecule has 0 saturated heterocycles. The Labute approximate surface area is 128 Å². The molecule has 1 aromatic heterocycles. The topological polar surface area (TPSA) is 51.4 Å². The Kier molecular flexibility index (Phi) is 5.85. The van der Waals surface area contributed by atoms with E-state index in [1.807, 2.05) is 18.2 Å². The van der Waals surface area contributed by atoms with Crippen LogP contribution in [0.25, 0.3) is 10.2 Å². The number of aromatic nitrogens is 1. The fourth-order valence-electron chi connectivity index (χ4n) is 1.94. The van der Waals surface area contributed by atoms with Crippen LogP contribution in [0.15, 0.2) is 24.3 Å². The van der Waals surface area contributed by atoms with E-state index in [0.717, 1.165) is 36.6 Å². The van der Waals surface area contributed by atoms with E-state index in [1.165, 1.54) is 4.70 Å². The van der Waals surface area contributed by atoms with E-state index in [1.54, 1.807) is 18.4 Å². The maximum Gasteiger partial charge on any atom is 0.108 e. The molecule has 0 spiro atoms. The second-order valence-electron chi connectivity index (χ2n) is 4.56. The van der Waals surface area contributed by atoms with Crippen LogP contribution in [0.4, 0.5) is 0 Å². The molecule has 0 radical (unpaired) electrons. The third kappa shape index (κ3) is 4.49.